The fourth-order valence-corrected chi connectivity index (χ4v) is 2.78. The standard InChI is InChI=1S/C17H20N4O/c1-13-12-20(2)8-9-21(13)17(22)15-10-18-16(19-11-15)14-6-4-3-5-7-14/h3-7,10-11,13H,8-9,12H2,1-2H3/t13-/m0/s1. The van der Waals surface area contributed by atoms with E-state index in [0.29, 0.717) is 11.4 Å². The Labute approximate surface area is 130 Å². The van der Waals surface area contributed by atoms with Gasteiger partial charge in [0.25, 0.3) is 5.91 Å². The molecule has 0 radical (unpaired) electrons. The molecular weight excluding hydrogens is 276 g/mol. The van der Waals surface area contributed by atoms with Gasteiger partial charge >= 0.3 is 0 Å². The number of hydrogen-bond donors (Lipinski definition) is 0. The minimum atomic E-state index is 0.0141. The molecule has 0 spiro atoms. The Hall–Kier alpha value is -2.27. The Morgan fingerprint density at radius 2 is 1.82 bits per heavy atom. The Morgan fingerprint density at radius 1 is 1.14 bits per heavy atom. The van der Waals surface area contributed by atoms with Gasteiger partial charge in [-0.1, -0.05) is 30.3 Å². The van der Waals surface area contributed by atoms with Gasteiger partial charge in [0, 0.05) is 43.6 Å². The second kappa shape index (κ2) is 6.23. The van der Waals surface area contributed by atoms with E-state index in [0.717, 1.165) is 25.2 Å². The van der Waals surface area contributed by atoms with Crippen LogP contribution in [-0.4, -0.2) is 58.4 Å². The van der Waals surface area contributed by atoms with Gasteiger partial charge in [0.2, 0.25) is 0 Å². The summed E-state index contributed by atoms with van der Waals surface area (Å²) in [6.45, 7) is 4.62. The number of carbonyl (C=O) groups is 1. The summed E-state index contributed by atoms with van der Waals surface area (Å²) >= 11 is 0. The third kappa shape index (κ3) is 2.99. The first-order chi connectivity index (χ1) is 10.6. The van der Waals surface area contributed by atoms with Gasteiger partial charge in [-0.2, -0.15) is 0 Å². The number of hydrogen-bond acceptors (Lipinski definition) is 4. The largest absolute Gasteiger partial charge is 0.333 e. The molecule has 2 heterocycles. The zero-order valence-electron chi connectivity index (χ0n) is 12.9. The number of piperazine rings is 1. The highest BCUT2D eigenvalue weighted by molar-refractivity contribution is 5.94. The fourth-order valence-electron chi connectivity index (χ4n) is 2.78. The lowest BCUT2D eigenvalue weighted by Crippen LogP contribution is -2.52. The van der Waals surface area contributed by atoms with Crippen LogP contribution in [0.25, 0.3) is 11.4 Å². The van der Waals surface area contributed by atoms with Crippen molar-refractivity contribution in [1.82, 2.24) is 19.8 Å². The molecule has 0 bridgehead atoms. The van der Waals surface area contributed by atoms with Crippen LogP contribution in [0.3, 0.4) is 0 Å². The van der Waals surface area contributed by atoms with Crippen LogP contribution in [0.4, 0.5) is 0 Å². The van der Waals surface area contributed by atoms with Crippen LogP contribution in [0.1, 0.15) is 17.3 Å². The molecule has 22 heavy (non-hydrogen) atoms. The minimum Gasteiger partial charge on any atom is -0.333 e. The van der Waals surface area contributed by atoms with E-state index in [-0.39, 0.29) is 11.9 Å². The van der Waals surface area contributed by atoms with Crippen molar-refractivity contribution in [1.29, 1.82) is 0 Å². The van der Waals surface area contributed by atoms with Crippen molar-refractivity contribution < 1.29 is 4.79 Å². The summed E-state index contributed by atoms with van der Waals surface area (Å²) in [4.78, 5) is 25.4. The number of benzene rings is 1. The number of likely N-dealkylation sites (N-methyl/N-ethyl adjacent to an activating group) is 1. The molecule has 1 aliphatic rings. The third-order valence-corrected chi connectivity index (χ3v) is 4.02. The van der Waals surface area contributed by atoms with Crippen LogP contribution >= 0.6 is 0 Å². The van der Waals surface area contributed by atoms with E-state index in [1.54, 1.807) is 12.4 Å². The zero-order chi connectivity index (χ0) is 15.5. The van der Waals surface area contributed by atoms with Crippen molar-refractivity contribution in [2.24, 2.45) is 0 Å². The van der Waals surface area contributed by atoms with Crippen LogP contribution in [0.2, 0.25) is 0 Å². The maximum atomic E-state index is 12.6. The highest BCUT2D eigenvalue weighted by Gasteiger charge is 2.26. The third-order valence-electron chi connectivity index (χ3n) is 4.02. The second-order valence-corrected chi connectivity index (χ2v) is 5.77. The molecule has 1 atom stereocenters. The van der Waals surface area contributed by atoms with Gasteiger partial charge < -0.3 is 9.80 Å². The molecule has 1 aromatic heterocycles. The van der Waals surface area contributed by atoms with Gasteiger partial charge in [0.1, 0.15) is 0 Å². The lowest BCUT2D eigenvalue weighted by Gasteiger charge is -2.38. The molecule has 2 aromatic rings. The first-order valence-electron chi connectivity index (χ1n) is 7.52. The van der Waals surface area contributed by atoms with Gasteiger partial charge in [0.15, 0.2) is 5.82 Å². The fraction of sp³-hybridized carbons (Fsp3) is 0.353. The summed E-state index contributed by atoms with van der Waals surface area (Å²) in [6, 6.07) is 9.97. The number of aromatic nitrogens is 2. The average molecular weight is 296 g/mol. The number of carbonyl (C=O) groups excluding carboxylic acids is 1. The van der Waals surface area contributed by atoms with E-state index in [4.69, 9.17) is 0 Å². The Balaban J connectivity index is 1.77. The van der Waals surface area contributed by atoms with Gasteiger partial charge in [0.05, 0.1) is 5.56 Å². The first kappa shape index (κ1) is 14.7. The highest BCUT2D eigenvalue weighted by atomic mass is 16.2. The van der Waals surface area contributed by atoms with E-state index in [2.05, 4.69) is 28.8 Å². The summed E-state index contributed by atoms with van der Waals surface area (Å²) in [5.41, 5.74) is 1.51. The number of nitrogens with zero attached hydrogens (tertiary/aromatic N) is 4. The minimum absolute atomic E-state index is 0.0141. The highest BCUT2D eigenvalue weighted by Crippen LogP contribution is 2.16. The molecule has 0 aliphatic carbocycles. The van der Waals surface area contributed by atoms with Crippen LogP contribution in [-0.2, 0) is 0 Å². The molecule has 1 saturated heterocycles. The topological polar surface area (TPSA) is 49.3 Å². The second-order valence-electron chi connectivity index (χ2n) is 5.77. The number of rotatable bonds is 2. The maximum absolute atomic E-state index is 12.6. The summed E-state index contributed by atoms with van der Waals surface area (Å²) in [5.74, 6) is 0.656. The molecule has 114 valence electrons. The van der Waals surface area contributed by atoms with Crippen molar-refractivity contribution >= 4 is 5.91 Å². The Bertz CT molecular complexity index is 641. The van der Waals surface area contributed by atoms with Crippen molar-refractivity contribution in [3.05, 3.63) is 48.3 Å². The lowest BCUT2D eigenvalue weighted by atomic mass is 10.1. The summed E-state index contributed by atoms with van der Waals surface area (Å²) in [7, 11) is 2.08. The van der Waals surface area contributed by atoms with Crippen LogP contribution in [0, 0.1) is 0 Å². The van der Waals surface area contributed by atoms with Crippen LogP contribution in [0.15, 0.2) is 42.7 Å². The lowest BCUT2D eigenvalue weighted by molar-refractivity contribution is 0.0533. The number of amides is 1. The first-order valence-corrected chi connectivity index (χ1v) is 7.52. The molecule has 0 unspecified atom stereocenters. The molecule has 1 amide bonds. The maximum Gasteiger partial charge on any atom is 0.257 e. The molecule has 5 heteroatoms. The molecular formula is C17H20N4O. The molecule has 1 aliphatic heterocycles. The van der Waals surface area contributed by atoms with Crippen molar-refractivity contribution in [3.63, 3.8) is 0 Å². The average Bonchev–Trinajstić information content (AvgIpc) is 2.55. The molecule has 1 aromatic carbocycles. The van der Waals surface area contributed by atoms with Gasteiger partial charge in [-0.25, -0.2) is 9.97 Å². The van der Waals surface area contributed by atoms with Crippen molar-refractivity contribution in [2.45, 2.75) is 13.0 Å². The van der Waals surface area contributed by atoms with Gasteiger partial charge in [-0.15, -0.1) is 0 Å². The SMILES string of the molecule is C[C@H]1CN(C)CCN1C(=O)c1cnc(-c2ccccc2)nc1. The quantitative estimate of drug-likeness (QED) is 0.849. The summed E-state index contributed by atoms with van der Waals surface area (Å²) in [5, 5.41) is 0. The van der Waals surface area contributed by atoms with Crippen molar-refractivity contribution in [2.75, 3.05) is 26.7 Å². The van der Waals surface area contributed by atoms with Gasteiger partial charge in [-0.3, -0.25) is 4.79 Å². The van der Waals surface area contributed by atoms with E-state index in [9.17, 15) is 4.79 Å². The molecule has 1 fully saturated rings. The smallest absolute Gasteiger partial charge is 0.257 e. The molecule has 0 N–H and O–H groups in total. The monoisotopic (exact) mass is 296 g/mol. The van der Waals surface area contributed by atoms with E-state index in [1.807, 2.05) is 35.2 Å². The van der Waals surface area contributed by atoms with Crippen LogP contribution in [0.5, 0.6) is 0 Å². The molecule has 3 rings (SSSR count). The molecule has 5 nitrogen and oxygen atoms in total. The predicted molar refractivity (Wildman–Crippen MR) is 85.5 cm³/mol. The molecule has 0 saturated carbocycles. The zero-order valence-corrected chi connectivity index (χ0v) is 12.9. The van der Waals surface area contributed by atoms with Crippen molar-refractivity contribution in [3.8, 4) is 11.4 Å². The predicted octanol–water partition coefficient (Wildman–Crippen LogP) is 1.92. The van der Waals surface area contributed by atoms with Crippen LogP contribution < -0.4 is 0 Å². The summed E-state index contributed by atoms with van der Waals surface area (Å²) < 4.78 is 0. The van der Waals surface area contributed by atoms with E-state index < -0.39 is 0 Å². The Kier molecular flexibility index (Phi) is 4.15. The van der Waals surface area contributed by atoms with E-state index in [1.165, 1.54) is 0 Å². The van der Waals surface area contributed by atoms with Gasteiger partial charge in [-0.05, 0) is 14.0 Å². The summed E-state index contributed by atoms with van der Waals surface area (Å²) in [6.07, 6.45) is 3.26. The normalized spacial score (nSPS) is 19.2. The Morgan fingerprint density at radius 3 is 2.45 bits per heavy atom. The van der Waals surface area contributed by atoms with E-state index >= 15 is 0 Å².